The minimum atomic E-state index is -0.324. The molecule has 0 spiro atoms. The third-order valence-electron chi connectivity index (χ3n) is 4.11. The highest BCUT2D eigenvalue weighted by atomic mass is 16.1. The monoisotopic (exact) mass is 345 g/mol. The molecule has 0 atom stereocenters. The number of pyridine rings is 1. The Hall–Kier alpha value is -3.46. The first-order chi connectivity index (χ1) is 12.4. The topological polar surface area (TPSA) is 83.6 Å². The lowest BCUT2D eigenvalue weighted by molar-refractivity contribution is -0.111. The van der Waals surface area contributed by atoms with E-state index >= 15 is 0 Å². The van der Waals surface area contributed by atoms with Crippen LogP contribution in [0.1, 0.15) is 29.2 Å². The molecule has 0 radical (unpaired) electrons. The molecule has 0 aliphatic carbocycles. The molecular formula is C20H19N5O. The molecule has 0 saturated heterocycles. The number of anilines is 1. The first-order valence-corrected chi connectivity index (χ1v) is 8.25. The number of allylic oxidation sites excluding steroid dienone is 1. The van der Waals surface area contributed by atoms with Gasteiger partial charge >= 0.3 is 0 Å². The van der Waals surface area contributed by atoms with Crippen LogP contribution in [-0.4, -0.2) is 20.7 Å². The summed E-state index contributed by atoms with van der Waals surface area (Å²) in [4.78, 5) is 16.7. The van der Waals surface area contributed by atoms with Gasteiger partial charge in [0, 0.05) is 5.39 Å². The summed E-state index contributed by atoms with van der Waals surface area (Å²) in [7, 11) is 0. The van der Waals surface area contributed by atoms with Crippen molar-refractivity contribution >= 4 is 22.6 Å². The summed E-state index contributed by atoms with van der Waals surface area (Å²) in [6, 6.07) is 8.14. The van der Waals surface area contributed by atoms with E-state index in [4.69, 9.17) is 4.98 Å². The van der Waals surface area contributed by atoms with Crippen molar-refractivity contribution in [2.75, 3.05) is 5.32 Å². The number of rotatable bonds is 3. The van der Waals surface area contributed by atoms with Gasteiger partial charge in [0.2, 0.25) is 5.91 Å². The average Bonchev–Trinajstić information content (AvgIpc) is 2.98. The zero-order valence-corrected chi connectivity index (χ0v) is 15.2. The molecule has 1 amide bonds. The number of amides is 1. The van der Waals surface area contributed by atoms with Gasteiger partial charge in [0.1, 0.15) is 11.6 Å². The molecule has 26 heavy (non-hydrogen) atoms. The van der Waals surface area contributed by atoms with Crippen molar-refractivity contribution in [2.24, 2.45) is 0 Å². The molecule has 0 aliphatic rings. The van der Waals surface area contributed by atoms with Crippen LogP contribution < -0.4 is 5.32 Å². The Labute approximate surface area is 151 Å². The van der Waals surface area contributed by atoms with Gasteiger partial charge in [-0.25, -0.2) is 4.98 Å². The number of fused-ring (bicyclic) bond motifs is 1. The number of hydrogen-bond donors (Lipinski definition) is 1. The van der Waals surface area contributed by atoms with Crippen molar-refractivity contribution < 1.29 is 4.79 Å². The largest absolute Gasteiger partial charge is 0.306 e. The first kappa shape index (κ1) is 17.4. The zero-order valence-electron chi connectivity index (χ0n) is 15.2. The van der Waals surface area contributed by atoms with Gasteiger partial charge in [-0.15, -0.1) is 0 Å². The Morgan fingerprint density at radius 2 is 2.00 bits per heavy atom. The van der Waals surface area contributed by atoms with Crippen LogP contribution in [-0.2, 0) is 4.79 Å². The van der Waals surface area contributed by atoms with E-state index in [0.717, 1.165) is 22.0 Å². The van der Waals surface area contributed by atoms with Crippen LogP contribution in [0, 0.1) is 32.1 Å². The quantitative estimate of drug-likeness (QED) is 0.733. The van der Waals surface area contributed by atoms with Crippen molar-refractivity contribution in [3.63, 3.8) is 0 Å². The highest BCUT2D eigenvalue weighted by molar-refractivity contribution is 5.99. The SMILES string of the molecule is C/C=C/C(=O)Nc1c(C#N)cnn1-c1cc(C)c2cc(C)cc(C)c2n1. The fraction of sp³-hybridized carbons (Fsp3) is 0.200. The molecule has 0 aliphatic heterocycles. The molecule has 6 heteroatoms. The van der Waals surface area contributed by atoms with Crippen molar-refractivity contribution in [3.05, 3.63) is 58.8 Å². The maximum absolute atomic E-state index is 12.0. The van der Waals surface area contributed by atoms with Gasteiger partial charge in [-0.05, 0) is 57.0 Å². The van der Waals surface area contributed by atoms with Gasteiger partial charge in [-0.1, -0.05) is 17.7 Å². The molecular weight excluding hydrogens is 326 g/mol. The second-order valence-corrected chi connectivity index (χ2v) is 6.20. The second kappa shape index (κ2) is 6.81. The predicted molar refractivity (Wildman–Crippen MR) is 101 cm³/mol. The number of nitrogens with one attached hydrogen (secondary N) is 1. The van der Waals surface area contributed by atoms with Gasteiger partial charge in [0.05, 0.1) is 11.7 Å². The number of carbonyl (C=O) groups is 1. The summed E-state index contributed by atoms with van der Waals surface area (Å²) < 4.78 is 1.49. The lowest BCUT2D eigenvalue weighted by Gasteiger charge is -2.12. The van der Waals surface area contributed by atoms with E-state index in [0.29, 0.717) is 11.6 Å². The van der Waals surface area contributed by atoms with Gasteiger partial charge < -0.3 is 5.32 Å². The predicted octanol–water partition coefficient (Wildman–Crippen LogP) is 3.73. The number of aryl methyl sites for hydroxylation is 3. The molecule has 1 aromatic carbocycles. The molecule has 0 bridgehead atoms. The van der Waals surface area contributed by atoms with Gasteiger partial charge in [-0.2, -0.15) is 15.0 Å². The summed E-state index contributed by atoms with van der Waals surface area (Å²) in [6.07, 6.45) is 4.45. The van der Waals surface area contributed by atoms with Crippen molar-refractivity contribution in [1.29, 1.82) is 5.26 Å². The maximum atomic E-state index is 12.0. The Morgan fingerprint density at radius 3 is 2.69 bits per heavy atom. The van der Waals surface area contributed by atoms with Crippen LogP contribution in [0.4, 0.5) is 5.82 Å². The summed E-state index contributed by atoms with van der Waals surface area (Å²) in [5.41, 5.74) is 4.46. The number of carbonyl (C=O) groups excluding carboxylic acids is 1. The summed E-state index contributed by atoms with van der Waals surface area (Å²) in [6.45, 7) is 7.84. The number of aromatic nitrogens is 3. The maximum Gasteiger partial charge on any atom is 0.249 e. The fourth-order valence-corrected chi connectivity index (χ4v) is 2.97. The molecule has 0 saturated carbocycles. The van der Waals surface area contributed by atoms with E-state index in [9.17, 15) is 10.1 Å². The van der Waals surface area contributed by atoms with E-state index in [1.165, 1.54) is 22.5 Å². The molecule has 1 N–H and O–H groups in total. The van der Waals surface area contributed by atoms with Crippen LogP contribution in [0.15, 0.2) is 36.5 Å². The Bertz CT molecular complexity index is 1090. The number of nitrogens with zero attached hydrogens (tertiary/aromatic N) is 4. The lowest BCUT2D eigenvalue weighted by atomic mass is 10.0. The van der Waals surface area contributed by atoms with Crippen molar-refractivity contribution in [1.82, 2.24) is 14.8 Å². The van der Waals surface area contributed by atoms with E-state index in [-0.39, 0.29) is 11.5 Å². The lowest BCUT2D eigenvalue weighted by Crippen LogP contribution is -2.14. The third-order valence-corrected chi connectivity index (χ3v) is 4.11. The van der Waals surface area contributed by atoms with E-state index < -0.39 is 0 Å². The minimum absolute atomic E-state index is 0.281. The Kier molecular flexibility index (Phi) is 4.55. The molecule has 6 nitrogen and oxygen atoms in total. The van der Waals surface area contributed by atoms with Crippen molar-refractivity contribution in [3.8, 4) is 11.9 Å². The molecule has 2 heterocycles. The molecule has 2 aromatic heterocycles. The average molecular weight is 345 g/mol. The van der Waals surface area contributed by atoms with Crippen LogP contribution >= 0.6 is 0 Å². The number of hydrogen-bond acceptors (Lipinski definition) is 4. The molecule has 3 aromatic rings. The number of nitriles is 1. The minimum Gasteiger partial charge on any atom is -0.306 e. The van der Waals surface area contributed by atoms with Crippen LogP contribution in [0.25, 0.3) is 16.7 Å². The zero-order chi connectivity index (χ0) is 18.8. The Balaban J connectivity index is 2.20. The Morgan fingerprint density at radius 1 is 1.23 bits per heavy atom. The molecule has 0 unspecified atom stereocenters. The number of benzene rings is 1. The highest BCUT2D eigenvalue weighted by Gasteiger charge is 2.16. The highest BCUT2D eigenvalue weighted by Crippen LogP contribution is 2.26. The standard InChI is InChI=1S/C20H19N5O/c1-5-6-18(26)24-20-15(10-21)11-22-25(20)17-9-13(3)16-8-12(2)7-14(4)19(16)23-17/h5-9,11H,1-4H3,(H,24,26)/b6-5+. The van der Waals surface area contributed by atoms with Crippen LogP contribution in [0.3, 0.4) is 0 Å². The van der Waals surface area contributed by atoms with Gasteiger partial charge in [-0.3, -0.25) is 4.79 Å². The first-order valence-electron chi connectivity index (χ1n) is 8.25. The van der Waals surface area contributed by atoms with Crippen LogP contribution in [0.2, 0.25) is 0 Å². The normalized spacial score (nSPS) is 11.0. The van der Waals surface area contributed by atoms with E-state index in [1.54, 1.807) is 13.0 Å². The van der Waals surface area contributed by atoms with Crippen molar-refractivity contribution in [2.45, 2.75) is 27.7 Å². The molecule has 3 rings (SSSR count). The summed E-state index contributed by atoms with van der Waals surface area (Å²) in [5.74, 6) is 0.543. The summed E-state index contributed by atoms with van der Waals surface area (Å²) >= 11 is 0. The second-order valence-electron chi connectivity index (χ2n) is 6.20. The van der Waals surface area contributed by atoms with Crippen LogP contribution in [0.5, 0.6) is 0 Å². The third kappa shape index (κ3) is 3.07. The van der Waals surface area contributed by atoms with E-state index in [1.807, 2.05) is 19.9 Å². The summed E-state index contributed by atoms with van der Waals surface area (Å²) in [5, 5.41) is 17.4. The molecule has 130 valence electrons. The van der Waals surface area contributed by atoms with Gasteiger partial charge in [0.15, 0.2) is 11.6 Å². The van der Waals surface area contributed by atoms with Gasteiger partial charge in [0.25, 0.3) is 0 Å². The van der Waals surface area contributed by atoms with E-state index in [2.05, 4.69) is 35.5 Å². The molecule has 0 fully saturated rings. The fourth-order valence-electron chi connectivity index (χ4n) is 2.97. The smallest absolute Gasteiger partial charge is 0.249 e.